The van der Waals surface area contributed by atoms with Gasteiger partial charge in [-0.25, -0.2) is 22.6 Å². The Morgan fingerprint density at radius 1 is 1.26 bits per heavy atom. The van der Waals surface area contributed by atoms with E-state index in [2.05, 4.69) is 10.3 Å². The van der Waals surface area contributed by atoms with Crippen molar-refractivity contribution in [1.82, 2.24) is 19.8 Å². The summed E-state index contributed by atoms with van der Waals surface area (Å²) in [6.45, 7) is 3.42. The highest BCUT2D eigenvalue weighted by atomic mass is 32.2. The lowest BCUT2D eigenvalue weighted by Crippen LogP contribution is -2.39. The fourth-order valence-electron chi connectivity index (χ4n) is 4.09. The summed E-state index contributed by atoms with van der Waals surface area (Å²) in [6.07, 6.45) is 4.48. The van der Waals surface area contributed by atoms with Crippen LogP contribution in [0.4, 0.5) is 9.18 Å². The fraction of sp³-hybridized carbons (Fsp3) is 0.417. The highest BCUT2D eigenvalue weighted by Crippen LogP contribution is 2.23. The zero-order valence-electron chi connectivity index (χ0n) is 19.5. The number of nitrogens with one attached hydrogen (secondary N) is 1. The van der Waals surface area contributed by atoms with Crippen LogP contribution >= 0.6 is 0 Å². The van der Waals surface area contributed by atoms with Gasteiger partial charge in [0.15, 0.2) is 0 Å². The van der Waals surface area contributed by atoms with Gasteiger partial charge in [0.05, 0.1) is 49.6 Å². The predicted molar refractivity (Wildman–Crippen MR) is 126 cm³/mol. The van der Waals surface area contributed by atoms with Crippen molar-refractivity contribution in [3.8, 4) is 0 Å². The number of furan rings is 1. The Morgan fingerprint density at radius 2 is 2.09 bits per heavy atom. The van der Waals surface area contributed by atoms with Crippen LogP contribution in [0.1, 0.15) is 36.8 Å². The summed E-state index contributed by atoms with van der Waals surface area (Å²) >= 11 is 0. The number of carbonyl (C=O) groups is 1. The molecule has 1 fully saturated rings. The van der Waals surface area contributed by atoms with Crippen LogP contribution in [-0.4, -0.2) is 48.2 Å². The number of halogens is 1. The number of amides is 2. The number of sulfone groups is 1. The molecule has 1 saturated heterocycles. The molecular formula is C24H29FN4O5S. The van der Waals surface area contributed by atoms with Gasteiger partial charge in [0.25, 0.3) is 0 Å². The number of urea groups is 1. The van der Waals surface area contributed by atoms with E-state index in [4.69, 9.17) is 9.15 Å². The molecule has 1 aliphatic rings. The van der Waals surface area contributed by atoms with Gasteiger partial charge in [-0.05, 0) is 38.0 Å². The van der Waals surface area contributed by atoms with E-state index < -0.39 is 21.4 Å². The smallest absolute Gasteiger partial charge is 0.318 e. The highest BCUT2D eigenvalue weighted by Gasteiger charge is 2.29. The van der Waals surface area contributed by atoms with Crippen molar-refractivity contribution in [2.75, 3.05) is 13.2 Å². The summed E-state index contributed by atoms with van der Waals surface area (Å²) in [5, 5.41) is 2.61. The summed E-state index contributed by atoms with van der Waals surface area (Å²) < 4.78 is 53.6. The van der Waals surface area contributed by atoms with Crippen LogP contribution in [0.15, 0.2) is 58.4 Å². The molecule has 0 bridgehead atoms. The van der Waals surface area contributed by atoms with Crippen LogP contribution in [0, 0.1) is 5.82 Å². The van der Waals surface area contributed by atoms with Crippen molar-refractivity contribution >= 4 is 15.9 Å². The van der Waals surface area contributed by atoms with E-state index >= 15 is 0 Å². The number of carbonyl (C=O) groups excluding carboxylic acids is 1. The summed E-state index contributed by atoms with van der Waals surface area (Å²) in [4.78, 5) is 18.5. The van der Waals surface area contributed by atoms with Gasteiger partial charge in [-0.3, -0.25) is 0 Å². The quantitative estimate of drug-likeness (QED) is 0.453. The van der Waals surface area contributed by atoms with E-state index in [-0.39, 0.29) is 42.5 Å². The van der Waals surface area contributed by atoms with E-state index in [0.717, 1.165) is 12.8 Å². The molecule has 3 heterocycles. The summed E-state index contributed by atoms with van der Waals surface area (Å²) in [5.41, 5.74) is 0.605. The Bertz CT molecular complexity index is 1240. The first-order chi connectivity index (χ1) is 16.9. The lowest BCUT2D eigenvalue weighted by atomic mass is 10.2. The van der Waals surface area contributed by atoms with Gasteiger partial charge in [-0.15, -0.1) is 0 Å². The first-order valence-electron chi connectivity index (χ1n) is 11.5. The van der Waals surface area contributed by atoms with Crippen molar-refractivity contribution < 1.29 is 26.8 Å². The molecule has 0 saturated carbocycles. The van der Waals surface area contributed by atoms with Crippen molar-refractivity contribution in [3.63, 3.8) is 0 Å². The van der Waals surface area contributed by atoms with Crippen LogP contribution in [0.25, 0.3) is 0 Å². The second-order valence-electron chi connectivity index (χ2n) is 8.40. The summed E-state index contributed by atoms with van der Waals surface area (Å²) in [6, 6.07) is 8.97. The molecule has 2 amide bonds. The molecule has 1 N–H and O–H groups in total. The van der Waals surface area contributed by atoms with Crippen LogP contribution in [0.2, 0.25) is 0 Å². The molecule has 1 unspecified atom stereocenters. The Labute approximate surface area is 203 Å². The van der Waals surface area contributed by atoms with Crippen LogP contribution in [-0.2, 0) is 40.0 Å². The molecule has 3 aromatic rings. The molecule has 0 radical (unpaired) electrons. The van der Waals surface area contributed by atoms with E-state index in [1.54, 1.807) is 22.8 Å². The van der Waals surface area contributed by atoms with Gasteiger partial charge in [-0.2, -0.15) is 0 Å². The summed E-state index contributed by atoms with van der Waals surface area (Å²) in [5.74, 6) is -0.517. The Morgan fingerprint density at radius 3 is 2.77 bits per heavy atom. The largest absolute Gasteiger partial charge is 0.467 e. The average molecular weight is 505 g/mol. The maximum absolute atomic E-state index is 14.2. The first-order valence-corrected chi connectivity index (χ1v) is 13.2. The Hall–Kier alpha value is -3.18. The van der Waals surface area contributed by atoms with Crippen molar-refractivity contribution in [3.05, 3.63) is 71.7 Å². The van der Waals surface area contributed by atoms with Crippen molar-refractivity contribution in [2.45, 2.75) is 56.4 Å². The number of aromatic nitrogens is 2. The van der Waals surface area contributed by atoms with Crippen LogP contribution < -0.4 is 5.32 Å². The normalized spacial score (nSPS) is 15.9. The number of ether oxygens (including phenoxy) is 1. The molecule has 2 aromatic heterocycles. The number of rotatable bonds is 10. The van der Waals surface area contributed by atoms with Gasteiger partial charge in [0.1, 0.15) is 11.6 Å². The van der Waals surface area contributed by atoms with Gasteiger partial charge >= 0.3 is 6.03 Å². The average Bonchev–Trinajstić information content (AvgIpc) is 3.59. The molecule has 1 aromatic carbocycles. The zero-order chi connectivity index (χ0) is 24.8. The maximum Gasteiger partial charge on any atom is 0.318 e. The monoisotopic (exact) mass is 504 g/mol. The third-order valence-corrected chi connectivity index (χ3v) is 7.36. The number of nitrogens with zero attached hydrogens (tertiary/aromatic N) is 3. The minimum absolute atomic E-state index is 0.0717. The van der Waals surface area contributed by atoms with E-state index in [0.29, 0.717) is 24.6 Å². The van der Waals surface area contributed by atoms with E-state index in [9.17, 15) is 17.6 Å². The van der Waals surface area contributed by atoms with Crippen molar-refractivity contribution in [1.29, 1.82) is 0 Å². The van der Waals surface area contributed by atoms with Crippen LogP contribution in [0.5, 0.6) is 0 Å². The Kier molecular flexibility index (Phi) is 7.86. The molecule has 188 valence electrons. The molecule has 35 heavy (non-hydrogen) atoms. The molecule has 4 rings (SSSR count). The predicted octanol–water partition coefficient (Wildman–Crippen LogP) is 3.50. The maximum atomic E-state index is 14.2. The second-order valence-corrected chi connectivity index (χ2v) is 10.3. The lowest BCUT2D eigenvalue weighted by Gasteiger charge is -2.23. The van der Waals surface area contributed by atoms with Gasteiger partial charge in [0, 0.05) is 18.7 Å². The lowest BCUT2D eigenvalue weighted by molar-refractivity contribution is 0.0934. The summed E-state index contributed by atoms with van der Waals surface area (Å²) in [7, 11) is -3.98. The van der Waals surface area contributed by atoms with Gasteiger partial charge in [-0.1, -0.05) is 18.2 Å². The van der Waals surface area contributed by atoms with Crippen molar-refractivity contribution in [2.24, 2.45) is 0 Å². The van der Waals surface area contributed by atoms with E-state index in [1.807, 2.05) is 6.92 Å². The van der Waals surface area contributed by atoms with Gasteiger partial charge < -0.3 is 23.9 Å². The molecule has 11 heteroatoms. The molecule has 1 aliphatic heterocycles. The fourth-order valence-corrected chi connectivity index (χ4v) is 5.60. The first kappa shape index (κ1) is 24.9. The van der Waals surface area contributed by atoms with Crippen LogP contribution in [0.3, 0.4) is 0 Å². The zero-order valence-corrected chi connectivity index (χ0v) is 20.3. The number of benzene rings is 1. The van der Waals surface area contributed by atoms with Gasteiger partial charge in [0.2, 0.25) is 15.0 Å². The number of hydrogen-bond donors (Lipinski definition) is 1. The third kappa shape index (κ3) is 6.09. The van der Waals surface area contributed by atoms with E-state index in [1.165, 1.54) is 35.6 Å². The third-order valence-electron chi connectivity index (χ3n) is 5.79. The highest BCUT2D eigenvalue weighted by molar-refractivity contribution is 7.90. The second kappa shape index (κ2) is 11.0. The molecule has 0 aliphatic carbocycles. The molecule has 1 atom stereocenters. The Balaban J connectivity index is 1.66. The number of hydrogen-bond acceptors (Lipinski definition) is 6. The minimum Gasteiger partial charge on any atom is -0.467 e. The number of imidazole rings is 1. The SMILES string of the molecule is CCNC(=O)N(Cc1ccco1)Cc1cnc(S(=O)(=O)Cc2ccccc2F)n1CC1CCCO1. The molecule has 0 spiro atoms. The topological polar surface area (TPSA) is 107 Å². The standard InChI is InChI=1S/C24H29FN4O5S/c1-2-26-23(30)28(15-20-8-5-11-33-20)14-19-13-27-24(29(19)16-21-9-6-12-34-21)35(31,32)17-18-7-3-4-10-22(18)25/h3-5,7-8,10-11,13,21H,2,6,9,12,14-17H2,1H3,(H,26,30). The molecular weight excluding hydrogens is 475 g/mol. The molecule has 9 nitrogen and oxygen atoms in total. The minimum atomic E-state index is -3.98.